The highest BCUT2D eigenvalue weighted by atomic mass is 35.5. The van der Waals surface area contributed by atoms with Gasteiger partial charge in [0.15, 0.2) is 5.60 Å². The van der Waals surface area contributed by atoms with Crippen LogP contribution >= 0.6 is 11.6 Å². The van der Waals surface area contributed by atoms with Crippen LogP contribution in [0.1, 0.15) is 19.4 Å². The molecular formula is C18H18ClFN2O3. The van der Waals surface area contributed by atoms with E-state index in [1.54, 1.807) is 38.1 Å². The Balaban J connectivity index is 1.86. The number of hydrogen-bond donors (Lipinski definition) is 2. The first kappa shape index (κ1) is 18.7. The van der Waals surface area contributed by atoms with Gasteiger partial charge in [-0.2, -0.15) is 0 Å². The number of amides is 2. The Kier molecular flexibility index (Phi) is 5.98. The van der Waals surface area contributed by atoms with Gasteiger partial charge >= 0.3 is 0 Å². The van der Waals surface area contributed by atoms with Crippen molar-refractivity contribution in [1.82, 2.24) is 10.9 Å². The molecule has 0 aliphatic heterocycles. The number of benzene rings is 2. The second kappa shape index (κ2) is 7.98. The Hall–Kier alpha value is -2.60. The molecule has 2 amide bonds. The normalized spacial score (nSPS) is 10.9. The van der Waals surface area contributed by atoms with Crippen LogP contribution in [0, 0.1) is 5.82 Å². The molecule has 0 heterocycles. The van der Waals surface area contributed by atoms with Crippen LogP contribution < -0.4 is 15.6 Å². The minimum Gasteiger partial charge on any atom is -0.478 e. The van der Waals surface area contributed by atoms with Crippen LogP contribution in [0.15, 0.2) is 48.5 Å². The lowest BCUT2D eigenvalue weighted by Crippen LogP contribution is -2.53. The van der Waals surface area contributed by atoms with Crippen LogP contribution in [-0.4, -0.2) is 17.4 Å². The smallest absolute Gasteiger partial charge is 0.281 e. The maximum absolute atomic E-state index is 12.8. The van der Waals surface area contributed by atoms with E-state index in [0.29, 0.717) is 16.3 Å². The van der Waals surface area contributed by atoms with Crippen LogP contribution in [0.3, 0.4) is 0 Å². The van der Waals surface area contributed by atoms with Gasteiger partial charge in [-0.15, -0.1) is 0 Å². The molecule has 0 aliphatic rings. The molecule has 0 radical (unpaired) electrons. The van der Waals surface area contributed by atoms with Gasteiger partial charge in [0.2, 0.25) is 5.91 Å². The Morgan fingerprint density at radius 3 is 2.24 bits per heavy atom. The van der Waals surface area contributed by atoms with Crippen molar-refractivity contribution in [2.24, 2.45) is 0 Å². The van der Waals surface area contributed by atoms with Gasteiger partial charge in [0, 0.05) is 5.02 Å². The molecule has 0 aromatic heterocycles. The number of rotatable bonds is 5. The molecule has 0 saturated heterocycles. The lowest BCUT2D eigenvalue weighted by molar-refractivity contribution is -0.138. The molecule has 0 atom stereocenters. The van der Waals surface area contributed by atoms with Crippen LogP contribution in [0.25, 0.3) is 0 Å². The van der Waals surface area contributed by atoms with Crippen LogP contribution in [0.5, 0.6) is 5.75 Å². The summed E-state index contributed by atoms with van der Waals surface area (Å²) in [6.45, 7) is 3.14. The summed E-state index contributed by atoms with van der Waals surface area (Å²) in [6.07, 6.45) is 0.0129. The molecule has 5 nitrogen and oxygen atoms in total. The SMILES string of the molecule is CC(C)(Oc1ccc(Cl)cc1)C(=O)NNC(=O)Cc1ccc(F)cc1. The third kappa shape index (κ3) is 5.76. The molecule has 0 unspecified atom stereocenters. The first-order valence-corrected chi connectivity index (χ1v) is 7.92. The van der Waals surface area contributed by atoms with E-state index in [4.69, 9.17) is 16.3 Å². The summed E-state index contributed by atoms with van der Waals surface area (Å²) >= 11 is 5.80. The number of nitrogens with one attached hydrogen (secondary N) is 2. The summed E-state index contributed by atoms with van der Waals surface area (Å²) in [7, 11) is 0. The minimum absolute atomic E-state index is 0.0129. The van der Waals surface area contributed by atoms with E-state index in [2.05, 4.69) is 10.9 Å². The molecule has 0 spiro atoms. The summed E-state index contributed by atoms with van der Waals surface area (Å²) in [4.78, 5) is 24.1. The molecule has 0 saturated carbocycles. The Labute approximate surface area is 150 Å². The molecular weight excluding hydrogens is 347 g/mol. The van der Waals surface area contributed by atoms with Crippen molar-refractivity contribution >= 4 is 23.4 Å². The van der Waals surface area contributed by atoms with E-state index in [1.807, 2.05) is 0 Å². The van der Waals surface area contributed by atoms with Crippen molar-refractivity contribution in [3.8, 4) is 5.75 Å². The predicted octanol–water partition coefficient (Wildman–Crippen LogP) is 3.03. The van der Waals surface area contributed by atoms with Gasteiger partial charge in [0.25, 0.3) is 5.91 Å². The fourth-order valence-corrected chi connectivity index (χ4v) is 2.08. The topological polar surface area (TPSA) is 67.4 Å². The van der Waals surface area contributed by atoms with E-state index in [0.717, 1.165) is 0 Å². The molecule has 0 fully saturated rings. The number of halogens is 2. The van der Waals surface area contributed by atoms with Crippen LogP contribution in [0.4, 0.5) is 4.39 Å². The van der Waals surface area contributed by atoms with E-state index < -0.39 is 17.4 Å². The van der Waals surface area contributed by atoms with Gasteiger partial charge in [-0.1, -0.05) is 23.7 Å². The van der Waals surface area contributed by atoms with Gasteiger partial charge in [-0.05, 0) is 55.8 Å². The zero-order valence-electron chi connectivity index (χ0n) is 13.8. The highest BCUT2D eigenvalue weighted by molar-refractivity contribution is 6.30. The molecule has 7 heteroatoms. The van der Waals surface area contributed by atoms with Crippen LogP contribution in [0.2, 0.25) is 5.02 Å². The van der Waals surface area contributed by atoms with Crippen LogP contribution in [-0.2, 0) is 16.0 Å². The number of hydrazine groups is 1. The van der Waals surface area contributed by atoms with Crippen molar-refractivity contribution in [1.29, 1.82) is 0 Å². The maximum atomic E-state index is 12.8. The molecule has 2 N–H and O–H groups in total. The fourth-order valence-electron chi connectivity index (χ4n) is 1.95. The van der Waals surface area contributed by atoms with Crippen molar-refractivity contribution in [2.45, 2.75) is 25.9 Å². The molecule has 2 aromatic rings. The standard InChI is InChI=1S/C18H18ClFN2O3/c1-18(2,25-15-9-5-13(19)6-10-15)17(24)22-21-16(23)11-12-3-7-14(20)8-4-12/h3-10H,11H2,1-2H3,(H,21,23)(H,22,24). The Morgan fingerprint density at radius 1 is 1.04 bits per heavy atom. The van der Waals surface area contributed by atoms with E-state index in [9.17, 15) is 14.0 Å². The van der Waals surface area contributed by atoms with E-state index in [-0.39, 0.29) is 12.2 Å². The van der Waals surface area contributed by atoms with Gasteiger partial charge in [0.1, 0.15) is 11.6 Å². The third-order valence-electron chi connectivity index (χ3n) is 3.33. The molecule has 0 aliphatic carbocycles. The quantitative estimate of drug-likeness (QED) is 0.801. The average Bonchev–Trinajstić information content (AvgIpc) is 2.56. The Bertz CT molecular complexity index is 746. The average molecular weight is 365 g/mol. The summed E-state index contributed by atoms with van der Waals surface area (Å²) in [5.41, 5.74) is 4.05. The largest absolute Gasteiger partial charge is 0.478 e. The van der Waals surface area contributed by atoms with Crippen molar-refractivity contribution in [3.05, 3.63) is 64.9 Å². The van der Waals surface area contributed by atoms with E-state index >= 15 is 0 Å². The second-order valence-corrected chi connectivity index (χ2v) is 6.31. The third-order valence-corrected chi connectivity index (χ3v) is 3.58. The summed E-state index contributed by atoms with van der Waals surface area (Å²) in [5.74, 6) is -0.849. The first-order valence-electron chi connectivity index (χ1n) is 7.54. The molecule has 2 aromatic carbocycles. The van der Waals surface area contributed by atoms with Gasteiger partial charge in [-0.3, -0.25) is 20.4 Å². The summed E-state index contributed by atoms with van der Waals surface area (Å²) in [5, 5.41) is 0.558. The van der Waals surface area contributed by atoms with Gasteiger partial charge in [0.05, 0.1) is 6.42 Å². The lowest BCUT2D eigenvalue weighted by Gasteiger charge is -2.25. The molecule has 25 heavy (non-hydrogen) atoms. The zero-order valence-corrected chi connectivity index (χ0v) is 14.6. The molecule has 0 bridgehead atoms. The minimum atomic E-state index is -1.21. The van der Waals surface area contributed by atoms with Crippen molar-refractivity contribution in [3.63, 3.8) is 0 Å². The zero-order chi connectivity index (χ0) is 18.4. The highest BCUT2D eigenvalue weighted by Crippen LogP contribution is 2.20. The maximum Gasteiger partial charge on any atom is 0.281 e. The lowest BCUT2D eigenvalue weighted by atomic mass is 10.1. The first-order chi connectivity index (χ1) is 11.8. The number of carbonyl (C=O) groups excluding carboxylic acids is 2. The fraction of sp³-hybridized carbons (Fsp3) is 0.222. The highest BCUT2D eigenvalue weighted by Gasteiger charge is 2.30. The number of ether oxygens (including phenoxy) is 1. The van der Waals surface area contributed by atoms with Gasteiger partial charge < -0.3 is 4.74 Å². The number of hydrogen-bond acceptors (Lipinski definition) is 3. The van der Waals surface area contributed by atoms with E-state index in [1.165, 1.54) is 24.3 Å². The monoisotopic (exact) mass is 364 g/mol. The molecule has 2 rings (SSSR count). The predicted molar refractivity (Wildman–Crippen MR) is 92.5 cm³/mol. The second-order valence-electron chi connectivity index (χ2n) is 5.87. The Morgan fingerprint density at radius 2 is 1.64 bits per heavy atom. The summed E-state index contributed by atoms with van der Waals surface area (Å²) in [6, 6.07) is 12.1. The summed E-state index contributed by atoms with van der Waals surface area (Å²) < 4.78 is 18.5. The molecule has 132 valence electrons. The number of carbonyl (C=O) groups is 2. The van der Waals surface area contributed by atoms with Crippen molar-refractivity contribution in [2.75, 3.05) is 0 Å². The van der Waals surface area contributed by atoms with Gasteiger partial charge in [-0.25, -0.2) is 4.39 Å². The van der Waals surface area contributed by atoms with Crippen molar-refractivity contribution < 1.29 is 18.7 Å².